The maximum absolute atomic E-state index is 11.9. The van der Waals surface area contributed by atoms with Gasteiger partial charge in [-0.2, -0.15) is 0 Å². The summed E-state index contributed by atoms with van der Waals surface area (Å²) in [5, 5.41) is 7.94. The molecule has 0 saturated carbocycles. The lowest BCUT2D eigenvalue weighted by atomic mass is 10.2. The summed E-state index contributed by atoms with van der Waals surface area (Å²) < 4.78 is 0. The van der Waals surface area contributed by atoms with Gasteiger partial charge in [-0.1, -0.05) is 0 Å². The fourth-order valence-electron chi connectivity index (χ4n) is 1.35. The summed E-state index contributed by atoms with van der Waals surface area (Å²) in [6.45, 7) is 1.62. The van der Waals surface area contributed by atoms with E-state index in [4.69, 9.17) is 0 Å². The fourth-order valence-corrected chi connectivity index (χ4v) is 1.35. The zero-order valence-electron chi connectivity index (χ0n) is 10.1. The summed E-state index contributed by atoms with van der Waals surface area (Å²) in [6, 6.07) is 1.02. The van der Waals surface area contributed by atoms with Crippen molar-refractivity contribution in [3.05, 3.63) is 24.0 Å². The topological polar surface area (TPSA) is 83.1 Å². The second-order valence-electron chi connectivity index (χ2n) is 3.48. The standard InChI is InChI=1S/C11H16N4O2/c1-7(10(16)13-3)15-11(17)8-4-5-14-6-9(8)12-2/h4-7,12H,1-3H3,(H,13,16)(H,15,17). The van der Waals surface area contributed by atoms with Crippen LogP contribution in [0.2, 0.25) is 0 Å². The molecule has 0 saturated heterocycles. The molecule has 1 heterocycles. The van der Waals surface area contributed by atoms with E-state index in [0.717, 1.165) is 0 Å². The van der Waals surface area contributed by atoms with E-state index < -0.39 is 6.04 Å². The van der Waals surface area contributed by atoms with Gasteiger partial charge < -0.3 is 16.0 Å². The maximum Gasteiger partial charge on any atom is 0.254 e. The molecule has 0 aliphatic rings. The number of nitrogens with zero attached hydrogens (tertiary/aromatic N) is 1. The van der Waals surface area contributed by atoms with Gasteiger partial charge in [0.2, 0.25) is 5.91 Å². The molecule has 3 N–H and O–H groups in total. The molecule has 2 amide bonds. The van der Waals surface area contributed by atoms with Crippen molar-refractivity contribution in [1.82, 2.24) is 15.6 Å². The minimum absolute atomic E-state index is 0.238. The normalized spacial score (nSPS) is 11.5. The average molecular weight is 236 g/mol. The molecule has 0 fully saturated rings. The number of hydrogen-bond acceptors (Lipinski definition) is 4. The molecule has 1 aromatic rings. The minimum Gasteiger partial charge on any atom is -0.386 e. The zero-order chi connectivity index (χ0) is 12.8. The van der Waals surface area contributed by atoms with E-state index in [1.54, 1.807) is 26.2 Å². The number of anilines is 1. The zero-order valence-corrected chi connectivity index (χ0v) is 10.1. The van der Waals surface area contributed by atoms with Crippen molar-refractivity contribution in [2.24, 2.45) is 0 Å². The number of likely N-dealkylation sites (N-methyl/N-ethyl adjacent to an activating group) is 1. The minimum atomic E-state index is -0.578. The first-order chi connectivity index (χ1) is 8.10. The molecule has 1 atom stereocenters. The van der Waals surface area contributed by atoms with Crippen LogP contribution < -0.4 is 16.0 Å². The van der Waals surface area contributed by atoms with Crippen LogP contribution in [-0.4, -0.2) is 36.9 Å². The molecule has 0 aliphatic carbocycles. The van der Waals surface area contributed by atoms with Gasteiger partial charge in [0, 0.05) is 20.3 Å². The van der Waals surface area contributed by atoms with Gasteiger partial charge in [0.15, 0.2) is 0 Å². The van der Waals surface area contributed by atoms with Crippen molar-refractivity contribution in [3.63, 3.8) is 0 Å². The third-order valence-electron chi connectivity index (χ3n) is 2.32. The van der Waals surface area contributed by atoms with Gasteiger partial charge in [0.1, 0.15) is 6.04 Å². The first kappa shape index (κ1) is 13.0. The van der Waals surface area contributed by atoms with E-state index in [1.807, 2.05) is 0 Å². The third kappa shape index (κ3) is 3.17. The van der Waals surface area contributed by atoms with Crippen molar-refractivity contribution < 1.29 is 9.59 Å². The second kappa shape index (κ2) is 5.83. The summed E-state index contributed by atoms with van der Waals surface area (Å²) in [5.41, 5.74) is 1.08. The molecular formula is C11H16N4O2. The Morgan fingerprint density at radius 1 is 1.35 bits per heavy atom. The Morgan fingerprint density at radius 2 is 2.06 bits per heavy atom. The lowest BCUT2D eigenvalue weighted by molar-refractivity contribution is -0.122. The van der Waals surface area contributed by atoms with Crippen LogP contribution >= 0.6 is 0 Å². The summed E-state index contributed by atoms with van der Waals surface area (Å²) in [4.78, 5) is 27.1. The van der Waals surface area contributed by atoms with E-state index >= 15 is 0 Å². The molecule has 0 aromatic carbocycles. The van der Waals surface area contributed by atoms with Gasteiger partial charge in [-0.05, 0) is 13.0 Å². The van der Waals surface area contributed by atoms with E-state index in [9.17, 15) is 9.59 Å². The molecule has 0 bridgehead atoms. The van der Waals surface area contributed by atoms with Crippen molar-refractivity contribution in [2.75, 3.05) is 19.4 Å². The number of rotatable bonds is 4. The molecule has 92 valence electrons. The molecule has 0 aliphatic heterocycles. The van der Waals surface area contributed by atoms with Gasteiger partial charge in [-0.15, -0.1) is 0 Å². The van der Waals surface area contributed by atoms with Crippen LogP contribution in [0.4, 0.5) is 5.69 Å². The van der Waals surface area contributed by atoms with Gasteiger partial charge in [-0.3, -0.25) is 14.6 Å². The molecule has 1 aromatic heterocycles. The highest BCUT2D eigenvalue weighted by Gasteiger charge is 2.17. The Labute approximate surface area is 99.8 Å². The molecule has 1 unspecified atom stereocenters. The number of pyridine rings is 1. The summed E-state index contributed by atoms with van der Waals surface area (Å²) in [6.07, 6.45) is 3.08. The smallest absolute Gasteiger partial charge is 0.254 e. The maximum atomic E-state index is 11.9. The van der Waals surface area contributed by atoms with Crippen molar-refractivity contribution >= 4 is 17.5 Å². The number of aromatic nitrogens is 1. The fraction of sp³-hybridized carbons (Fsp3) is 0.364. The molecule has 0 spiro atoms. The number of carbonyl (C=O) groups excluding carboxylic acids is 2. The summed E-state index contributed by atoms with van der Waals surface area (Å²) in [7, 11) is 3.23. The van der Waals surface area contributed by atoms with Gasteiger partial charge >= 0.3 is 0 Å². The Bertz CT molecular complexity index is 420. The number of hydrogen-bond donors (Lipinski definition) is 3. The van der Waals surface area contributed by atoms with Crippen molar-refractivity contribution in [1.29, 1.82) is 0 Å². The van der Waals surface area contributed by atoms with Crippen molar-refractivity contribution in [2.45, 2.75) is 13.0 Å². The van der Waals surface area contributed by atoms with Crippen LogP contribution in [0, 0.1) is 0 Å². The van der Waals surface area contributed by atoms with Crippen LogP contribution in [0.1, 0.15) is 17.3 Å². The number of amides is 2. The summed E-state index contributed by atoms with van der Waals surface area (Å²) in [5.74, 6) is -0.550. The quantitative estimate of drug-likeness (QED) is 0.686. The second-order valence-corrected chi connectivity index (χ2v) is 3.48. The Kier molecular flexibility index (Phi) is 4.45. The Hall–Kier alpha value is -2.11. The predicted octanol–water partition coefficient (Wildman–Crippen LogP) is -0.0124. The van der Waals surface area contributed by atoms with Crippen molar-refractivity contribution in [3.8, 4) is 0 Å². The monoisotopic (exact) mass is 236 g/mol. The summed E-state index contributed by atoms with van der Waals surface area (Å²) >= 11 is 0. The van der Waals surface area contributed by atoms with E-state index in [2.05, 4.69) is 20.9 Å². The van der Waals surface area contributed by atoms with Crippen LogP contribution in [0.25, 0.3) is 0 Å². The van der Waals surface area contributed by atoms with Crippen LogP contribution in [0.5, 0.6) is 0 Å². The van der Waals surface area contributed by atoms with Gasteiger partial charge in [-0.25, -0.2) is 0 Å². The lowest BCUT2D eigenvalue weighted by Gasteiger charge is -2.13. The molecular weight excluding hydrogens is 220 g/mol. The highest BCUT2D eigenvalue weighted by atomic mass is 16.2. The van der Waals surface area contributed by atoms with Crippen LogP contribution in [0.3, 0.4) is 0 Å². The molecule has 6 nitrogen and oxygen atoms in total. The molecule has 0 radical (unpaired) electrons. The Balaban J connectivity index is 2.79. The third-order valence-corrected chi connectivity index (χ3v) is 2.32. The van der Waals surface area contributed by atoms with Crippen LogP contribution in [-0.2, 0) is 4.79 Å². The Morgan fingerprint density at radius 3 is 2.65 bits per heavy atom. The largest absolute Gasteiger partial charge is 0.386 e. The molecule has 1 rings (SSSR count). The van der Waals surface area contributed by atoms with E-state index in [0.29, 0.717) is 11.3 Å². The number of carbonyl (C=O) groups is 2. The first-order valence-electron chi connectivity index (χ1n) is 5.24. The molecule has 6 heteroatoms. The van der Waals surface area contributed by atoms with Gasteiger partial charge in [0.05, 0.1) is 17.4 Å². The van der Waals surface area contributed by atoms with Crippen LogP contribution in [0.15, 0.2) is 18.5 Å². The highest BCUT2D eigenvalue weighted by Crippen LogP contribution is 2.12. The first-order valence-corrected chi connectivity index (χ1v) is 5.24. The molecule has 17 heavy (non-hydrogen) atoms. The number of nitrogens with one attached hydrogen (secondary N) is 3. The van der Waals surface area contributed by atoms with E-state index in [1.165, 1.54) is 13.2 Å². The predicted molar refractivity (Wildman–Crippen MR) is 64.8 cm³/mol. The lowest BCUT2D eigenvalue weighted by Crippen LogP contribution is -2.43. The highest BCUT2D eigenvalue weighted by molar-refractivity contribution is 6.01. The SMILES string of the molecule is CNC(=O)C(C)NC(=O)c1ccncc1NC. The van der Waals surface area contributed by atoms with E-state index in [-0.39, 0.29) is 11.8 Å². The average Bonchev–Trinajstić information content (AvgIpc) is 2.37. The van der Waals surface area contributed by atoms with Gasteiger partial charge in [0.25, 0.3) is 5.91 Å².